The number of imidazole rings is 1. The fourth-order valence-corrected chi connectivity index (χ4v) is 3.74. The summed E-state index contributed by atoms with van der Waals surface area (Å²) in [7, 11) is 0. The lowest BCUT2D eigenvalue weighted by Gasteiger charge is -2.15. The number of fused-ring (bicyclic) bond motifs is 1. The molecule has 1 atom stereocenters. The van der Waals surface area contributed by atoms with Crippen molar-refractivity contribution in [1.29, 1.82) is 0 Å². The lowest BCUT2D eigenvalue weighted by atomic mass is 10.1. The minimum Gasteiger partial charge on any atom is -0.327 e. The zero-order chi connectivity index (χ0) is 14.1. The molecule has 0 spiro atoms. The van der Waals surface area contributed by atoms with E-state index in [4.69, 9.17) is 11.6 Å². The average Bonchev–Trinajstić information content (AvgIpc) is 3.03. The van der Waals surface area contributed by atoms with Gasteiger partial charge in [0.1, 0.15) is 5.82 Å². The molecule has 1 unspecified atom stereocenters. The van der Waals surface area contributed by atoms with Gasteiger partial charge in [-0.1, -0.05) is 6.92 Å². The van der Waals surface area contributed by atoms with Crippen LogP contribution in [0.1, 0.15) is 19.2 Å². The van der Waals surface area contributed by atoms with Gasteiger partial charge in [0.25, 0.3) is 0 Å². The minimum atomic E-state index is 0.482. The van der Waals surface area contributed by atoms with E-state index in [2.05, 4.69) is 62.2 Å². The molecule has 3 nitrogen and oxygen atoms in total. The Balaban J connectivity index is 1.90. The molecular formula is C15H19ClIN3. The summed E-state index contributed by atoms with van der Waals surface area (Å²) >= 11 is 8.42. The third-order valence-electron chi connectivity index (χ3n) is 4.17. The number of halogens is 2. The van der Waals surface area contributed by atoms with E-state index in [9.17, 15) is 0 Å². The molecule has 2 aromatic rings. The van der Waals surface area contributed by atoms with Crippen LogP contribution in [-0.4, -0.2) is 34.1 Å². The third-order valence-corrected chi connectivity index (χ3v) is 5.08. The molecule has 5 heteroatoms. The van der Waals surface area contributed by atoms with Gasteiger partial charge in [0.05, 0.1) is 16.9 Å². The van der Waals surface area contributed by atoms with Gasteiger partial charge in [-0.3, -0.25) is 0 Å². The number of hydrogen-bond donors (Lipinski definition) is 0. The van der Waals surface area contributed by atoms with E-state index in [0.717, 1.165) is 24.4 Å². The Morgan fingerprint density at radius 2 is 2.30 bits per heavy atom. The molecule has 1 saturated heterocycles. The Kier molecular flexibility index (Phi) is 4.52. The smallest absolute Gasteiger partial charge is 0.124 e. The maximum absolute atomic E-state index is 6.09. The van der Waals surface area contributed by atoms with E-state index in [1.54, 1.807) is 0 Å². The number of benzene rings is 1. The van der Waals surface area contributed by atoms with Crippen molar-refractivity contribution in [2.24, 2.45) is 5.92 Å². The average molecular weight is 404 g/mol. The van der Waals surface area contributed by atoms with Crippen molar-refractivity contribution in [3.63, 3.8) is 0 Å². The molecule has 3 rings (SSSR count). The van der Waals surface area contributed by atoms with Crippen LogP contribution in [0.5, 0.6) is 0 Å². The molecule has 0 radical (unpaired) electrons. The monoisotopic (exact) mass is 403 g/mol. The minimum absolute atomic E-state index is 0.482. The summed E-state index contributed by atoms with van der Waals surface area (Å²) in [4.78, 5) is 7.21. The van der Waals surface area contributed by atoms with Crippen LogP contribution in [0.2, 0.25) is 0 Å². The van der Waals surface area contributed by atoms with E-state index >= 15 is 0 Å². The van der Waals surface area contributed by atoms with Crippen LogP contribution in [0.3, 0.4) is 0 Å². The lowest BCUT2D eigenvalue weighted by molar-refractivity contribution is 0.333. The van der Waals surface area contributed by atoms with Gasteiger partial charge in [-0.15, -0.1) is 11.6 Å². The number of nitrogens with zero attached hydrogens (tertiary/aromatic N) is 3. The van der Waals surface area contributed by atoms with Gasteiger partial charge in [0, 0.05) is 16.7 Å². The largest absolute Gasteiger partial charge is 0.327 e. The Hall–Kier alpha value is -0.330. The molecule has 1 aromatic heterocycles. The van der Waals surface area contributed by atoms with Crippen LogP contribution in [0, 0.1) is 9.49 Å². The van der Waals surface area contributed by atoms with E-state index in [1.165, 1.54) is 28.6 Å². The fourth-order valence-electron chi connectivity index (χ4n) is 3.07. The number of likely N-dealkylation sites (tertiary alicyclic amines) is 1. The van der Waals surface area contributed by atoms with E-state index in [-0.39, 0.29) is 0 Å². The normalized spacial score (nSPS) is 20.1. The summed E-state index contributed by atoms with van der Waals surface area (Å²) in [5.41, 5.74) is 2.29. The molecule has 0 saturated carbocycles. The van der Waals surface area contributed by atoms with Crippen molar-refractivity contribution >= 4 is 45.2 Å². The summed E-state index contributed by atoms with van der Waals surface area (Å²) in [6, 6.07) is 6.45. The number of hydrogen-bond acceptors (Lipinski definition) is 2. The van der Waals surface area contributed by atoms with Crippen molar-refractivity contribution in [3.8, 4) is 0 Å². The fraction of sp³-hybridized carbons (Fsp3) is 0.533. The summed E-state index contributed by atoms with van der Waals surface area (Å²) in [6.45, 7) is 6.85. The van der Waals surface area contributed by atoms with Crippen molar-refractivity contribution in [1.82, 2.24) is 14.5 Å². The Bertz CT molecular complexity index is 610. The van der Waals surface area contributed by atoms with Gasteiger partial charge >= 0.3 is 0 Å². The topological polar surface area (TPSA) is 21.1 Å². The molecular weight excluding hydrogens is 385 g/mol. The first-order valence-electron chi connectivity index (χ1n) is 7.14. The maximum Gasteiger partial charge on any atom is 0.124 e. The highest BCUT2D eigenvalue weighted by molar-refractivity contribution is 14.1. The Morgan fingerprint density at radius 3 is 3.00 bits per heavy atom. The van der Waals surface area contributed by atoms with E-state index < -0.39 is 0 Å². The zero-order valence-corrected chi connectivity index (χ0v) is 14.6. The Morgan fingerprint density at radius 1 is 1.45 bits per heavy atom. The SMILES string of the molecule is CCN1CCC(Cn2c(CCl)nc3cc(I)ccc32)C1. The van der Waals surface area contributed by atoms with Crippen molar-refractivity contribution in [2.75, 3.05) is 19.6 Å². The molecule has 0 N–H and O–H groups in total. The number of alkyl halides is 1. The highest BCUT2D eigenvalue weighted by Crippen LogP contribution is 2.24. The van der Waals surface area contributed by atoms with Crippen LogP contribution in [-0.2, 0) is 12.4 Å². The van der Waals surface area contributed by atoms with Gasteiger partial charge in [-0.25, -0.2) is 4.98 Å². The summed E-state index contributed by atoms with van der Waals surface area (Å²) in [5.74, 6) is 2.20. The highest BCUT2D eigenvalue weighted by atomic mass is 127. The maximum atomic E-state index is 6.09. The summed E-state index contributed by atoms with van der Waals surface area (Å²) in [5, 5.41) is 0. The predicted octanol–water partition coefficient (Wildman–Crippen LogP) is 3.72. The molecule has 2 heterocycles. The van der Waals surface area contributed by atoms with Crippen LogP contribution in [0.4, 0.5) is 0 Å². The molecule has 1 fully saturated rings. The molecule has 1 aromatic carbocycles. The zero-order valence-electron chi connectivity index (χ0n) is 11.6. The van der Waals surface area contributed by atoms with Crippen molar-refractivity contribution in [2.45, 2.75) is 25.8 Å². The predicted molar refractivity (Wildman–Crippen MR) is 92.2 cm³/mol. The summed E-state index contributed by atoms with van der Waals surface area (Å²) in [6.07, 6.45) is 1.28. The second kappa shape index (κ2) is 6.20. The second-order valence-corrected chi connectivity index (χ2v) is 6.97. The highest BCUT2D eigenvalue weighted by Gasteiger charge is 2.23. The van der Waals surface area contributed by atoms with Gasteiger partial charge in [-0.05, 0) is 66.2 Å². The van der Waals surface area contributed by atoms with Gasteiger partial charge in [-0.2, -0.15) is 0 Å². The molecule has 0 bridgehead atoms. The number of rotatable bonds is 4. The molecule has 1 aliphatic rings. The van der Waals surface area contributed by atoms with Crippen LogP contribution in [0.25, 0.3) is 11.0 Å². The lowest BCUT2D eigenvalue weighted by Crippen LogP contribution is -2.21. The summed E-state index contributed by atoms with van der Waals surface area (Å²) < 4.78 is 3.54. The molecule has 1 aliphatic heterocycles. The quantitative estimate of drug-likeness (QED) is 0.573. The van der Waals surface area contributed by atoms with Crippen molar-refractivity contribution in [3.05, 3.63) is 27.6 Å². The first-order chi connectivity index (χ1) is 9.71. The standard InChI is InChI=1S/C15H19ClIN3/c1-2-19-6-5-11(9-19)10-20-14-4-3-12(17)7-13(14)18-15(20)8-16/h3-4,7,11H,2,5-6,8-10H2,1H3. The number of aromatic nitrogens is 2. The molecule has 108 valence electrons. The van der Waals surface area contributed by atoms with E-state index in [0.29, 0.717) is 11.8 Å². The van der Waals surface area contributed by atoms with E-state index in [1.807, 2.05) is 0 Å². The second-order valence-electron chi connectivity index (χ2n) is 5.45. The van der Waals surface area contributed by atoms with Gasteiger partial charge in [0.15, 0.2) is 0 Å². The first-order valence-corrected chi connectivity index (χ1v) is 8.75. The van der Waals surface area contributed by atoms with Gasteiger partial charge < -0.3 is 9.47 Å². The van der Waals surface area contributed by atoms with Crippen LogP contribution in [0.15, 0.2) is 18.2 Å². The van der Waals surface area contributed by atoms with Crippen LogP contribution < -0.4 is 0 Å². The van der Waals surface area contributed by atoms with Crippen molar-refractivity contribution < 1.29 is 0 Å². The molecule has 20 heavy (non-hydrogen) atoms. The Labute approximate surface area is 138 Å². The van der Waals surface area contributed by atoms with Crippen LogP contribution >= 0.6 is 34.2 Å². The van der Waals surface area contributed by atoms with Gasteiger partial charge in [0.2, 0.25) is 0 Å². The molecule has 0 aliphatic carbocycles. The molecule has 0 amide bonds. The first kappa shape index (κ1) is 14.6. The third kappa shape index (κ3) is 2.83.